The standard InChI is InChI=1S/C33H39N5O2/c1-5-37-30(36-38(32(37)40)22-24-14-20-27(21-15-24)33(2,3)4)11-6-8-23-12-16-25(17-13-23)28-9-7-10-29(34-28)35-31(39)26-18-19-26/h7,9-10,12-17,20-21,26H,5-6,8,11,18-19,22H2,1-4H3,(H,34,35,39). The Balaban J connectivity index is 1.19. The third kappa shape index (κ3) is 6.58. The maximum absolute atomic E-state index is 13.0. The second kappa shape index (κ2) is 11.6. The summed E-state index contributed by atoms with van der Waals surface area (Å²) in [5.74, 6) is 1.65. The fraction of sp³-hybridized carbons (Fsp3) is 0.394. The molecule has 1 aliphatic rings. The van der Waals surface area contributed by atoms with Gasteiger partial charge in [0.05, 0.1) is 12.2 Å². The van der Waals surface area contributed by atoms with Crippen molar-refractivity contribution in [3.63, 3.8) is 0 Å². The Kier molecular flexibility index (Phi) is 8.01. The van der Waals surface area contributed by atoms with Crippen LogP contribution in [0.1, 0.15) is 69.5 Å². The van der Waals surface area contributed by atoms with E-state index in [1.54, 1.807) is 9.25 Å². The van der Waals surface area contributed by atoms with Crippen molar-refractivity contribution in [2.75, 3.05) is 5.32 Å². The van der Waals surface area contributed by atoms with Crippen molar-refractivity contribution in [3.05, 3.63) is 99.7 Å². The first-order chi connectivity index (χ1) is 19.2. The number of hydrogen-bond donors (Lipinski definition) is 1. The lowest BCUT2D eigenvalue weighted by molar-refractivity contribution is -0.117. The Bertz CT molecular complexity index is 1520. The first-order valence-electron chi connectivity index (χ1n) is 14.3. The van der Waals surface area contributed by atoms with Gasteiger partial charge in [0.15, 0.2) is 0 Å². The van der Waals surface area contributed by atoms with E-state index in [0.717, 1.165) is 54.7 Å². The Morgan fingerprint density at radius 2 is 1.65 bits per heavy atom. The Morgan fingerprint density at radius 1 is 0.950 bits per heavy atom. The van der Waals surface area contributed by atoms with Crippen LogP contribution in [-0.4, -0.2) is 25.2 Å². The minimum Gasteiger partial charge on any atom is -0.310 e. The molecule has 4 aromatic rings. The van der Waals surface area contributed by atoms with Crippen LogP contribution in [0.5, 0.6) is 0 Å². The number of benzene rings is 2. The summed E-state index contributed by atoms with van der Waals surface area (Å²) in [5.41, 5.74) is 5.48. The number of nitrogens with zero attached hydrogens (tertiary/aromatic N) is 4. The number of carbonyl (C=O) groups is 1. The fourth-order valence-corrected chi connectivity index (χ4v) is 4.91. The number of aryl methyl sites for hydroxylation is 2. The van der Waals surface area contributed by atoms with Gasteiger partial charge in [0.1, 0.15) is 11.6 Å². The highest BCUT2D eigenvalue weighted by Gasteiger charge is 2.29. The molecule has 1 fully saturated rings. The van der Waals surface area contributed by atoms with Gasteiger partial charge in [-0.3, -0.25) is 9.36 Å². The highest BCUT2D eigenvalue weighted by Crippen LogP contribution is 2.30. The molecule has 0 saturated heterocycles. The first-order valence-corrected chi connectivity index (χ1v) is 14.3. The molecular formula is C33H39N5O2. The van der Waals surface area contributed by atoms with Crippen LogP contribution in [0.15, 0.2) is 71.5 Å². The molecule has 1 saturated carbocycles. The highest BCUT2D eigenvalue weighted by atomic mass is 16.2. The Morgan fingerprint density at radius 3 is 2.30 bits per heavy atom. The van der Waals surface area contributed by atoms with Crippen molar-refractivity contribution in [1.29, 1.82) is 0 Å². The number of nitrogens with one attached hydrogen (secondary N) is 1. The van der Waals surface area contributed by atoms with Crippen LogP contribution in [-0.2, 0) is 36.1 Å². The smallest absolute Gasteiger partial charge is 0.310 e. The van der Waals surface area contributed by atoms with E-state index in [9.17, 15) is 9.59 Å². The van der Waals surface area contributed by atoms with E-state index < -0.39 is 0 Å². The molecule has 7 heteroatoms. The molecule has 0 bridgehead atoms. The summed E-state index contributed by atoms with van der Waals surface area (Å²) in [6.45, 7) is 9.68. The third-order valence-electron chi connectivity index (χ3n) is 7.53. The van der Waals surface area contributed by atoms with Crippen LogP contribution < -0.4 is 11.0 Å². The quantitative estimate of drug-likeness (QED) is 0.269. The molecule has 0 unspecified atom stereocenters. The van der Waals surface area contributed by atoms with Crippen molar-refractivity contribution in [2.24, 2.45) is 5.92 Å². The minimum atomic E-state index is -0.0511. The van der Waals surface area contributed by atoms with E-state index in [0.29, 0.717) is 18.9 Å². The molecule has 1 aliphatic carbocycles. The molecule has 5 rings (SSSR count). The Hall–Kier alpha value is -4.00. The summed E-state index contributed by atoms with van der Waals surface area (Å²) in [4.78, 5) is 29.7. The zero-order chi connectivity index (χ0) is 28.3. The summed E-state index contributed by atoms with van der Waals surface area (Å²) in [6.07, 6.45) is 4.47. The lowest BCUT2D eigenvalue weighted by Crippen LogP contribution is -2.25. The first kappa shape index (κ1) is 27.6. The zero-order valence-corrected chi connectivity index (χ0v) is 24.0. The van der Waals surface area contributed by atoms with Crippen molar-refractivity contribution in [1.82, 2.24) is 19.3 Å². The molecule has 0 spiro atoms. The molecule has 1 amide bonds. The van der Waals surface area contributed by atoms with Crippen LogP contribution >= 0.6 is 0 Å². The number of aromatic nitrogens is 4. The second-order valence-electron chi connectivity index (χ2n) is 11.8. The molecule has 7 nitrogen and oxygen atoms in total. The molecule has 0 radical (unpaired) electrons. The topological polar surface area (TPSA) is 81.8 Å². The predicted octanol–water partition coefficient (Wildman–Crippen LogP) is 6.00. The molecule has 2 heterocycles. The number of hydrogen-bond acceptors (Lipinski definition) is 4. The van der Waals surface area contributed by atoms with E-state index in [2.05, 4.69) is 79.6 Å². The van der Waals surface area contributed by atoms with Gasteiger partial charge in [0.25, 0.3) is 0 Å². The third-order valence-corrected chi connectivity index (χ3v) is 7.53. The van der Waals surface area contributed by atoms with Gasteiger partial charge in [0.2, 0.25) is 5.91 Å². The fourth-order valence-electron chi connectivity index (χ4n) is 4.91. The summed E-state index contributed by atoms with van der Waals surface area (Å²) in [5, 5.41) is 7.63. The molecule has 0 atom stereocenters. The number of anilines is 1. The largest absolute Gasteiger partial charge is 0.346 e. The second-order valence-corrected chi connectivity index (χ2v) is 11.8. The van der Waals surface area contributed by atoms with Gasteiger partial charge >= 0.3 is 5.69 Å². The summed E-state index contributed by atoms with van der Waals surface area (Å²) in [7, 11) is 0. The van der Waals surface area contributed by atoms with Gasteiger partial charge in [0, 0.05) is 24.4 Å². The van der Waals surface area contributed by atoms with Crippen LogP contribution in [0.4, 0.5) is 5.82 Å². The van der Waals surface area contributed by atoms with Gasteiger partial charge in [-0.05, 0) is 66.8 Å². The molecule has 0 aliphatic heterocycles. The van der Waals surface area contributed by atoms with E-state index in [-0.39, 0.29) is 22.9 Å². The van der Waals surface area contributed by atoms with E-state index >= 15 is 0 Å². The van der Waals surface area contributed by atoms with E-state index in [4.69, 9.17) is 5.10 Å². The van der Waals surface area contributed by atoms with Crippen LogP contribution in [0.2, 0.25) is 0 Å². The maximum atomic E-state index is 13.0. The van der Waals surface area contributed by atoms with Crippen LogP contribution in [0.25, 0.3) is 11.3 Å². The normalized spacial score (nSPS) is 13.4. The molecule has 2 aromatic carbocycles. The van der Waals surface area contributed by atoms with E-state index in [1.165, 1.54) is 11.1 Å². The molecule has 208 valence electrons. The monoisotopic (exact) mass is 537 g/mol. The van der Waals surface area contributed by atoms with Crippen molar-refractivity contribution in [3.8, 4) is 11.3 Å². The van der Waals surface area contributed by atoms with Gasteiger partial charge in [-0.25, -0.2) is 14.5 Å². The van der Waals surface area contributed by atoms with Gasteiger partial charge in [-0.1, -0.05) is 75.4 Å². The molecule has 1 N–H and O–H groups in total. The molecule has 40 heavy (non-hydrogen) atoms. The molecular weight excluding hydrogens is 498 g/mol. The summed E-state index contributed by atoms with van der Waals surface area (Å²) >= 11 is 0. The van der Waals surface area contributed by atoms with Gasteiger partial charge in [-0.15, -0.1) is 0 Å². The maximum Gasteiger partial charge on any atom is 0.346 e. The lowest BCUT2D eigenvalue weighted by Gasteiger charge is -2.19. The van der Waals surface area contributed by atoms with Crippen molar-refractivity contribution in [2.45, 2.75) is 78.3 Å². The van der Waals surface area contributed by atoms with Crippen molar-refractivity contribution >= 4 is 11.7 Å². The van der Waals surface area contributed by atoms with Gasteiger partial charge < -0.3 is 5.32 Å². The highest BCUT2D eigenvalue weighted by molar-refractivity contribution is 5.93. The number of carbonyl (C=O) groups excluding carboxylic acids is 1. The number of pyridine rings is 1. The van der Waals surface area contributed by atoms with Crippen LogP contribution in [0.3, 0.4) is 0 Å². The average Bonchev–Trinajstić information content (AvgIpc) is 3.75. The summed E-state index contributed by atoms with van der Waals surface area (Å²) < 4.78 is 3.38. The minimum absolute atomic E-state index is 0.0511. The number of amides is 1. The molecule has 2 aromatic heterocycles. The van der Waals surface area contributed by atoms with Crippen molar-refractivity contribution < 1.29 is 4.79 Å². The van der Waals surface area contributed by atoms with Crippen LogP contribution in [0, 0.1) is 5.92 Å². The summed E-state index contributed by atoms with van der Waals surface area (Å²) in [6, 6.07) is 22.6. The van der Waals surface area contributed by atoms with E-state index in [1.807, 2.05) is 25.1 Å². The predicted molar refractivity (Wildman–Crippen MR) is 159 cm³/mol. The Labute approximate surface area is 236 Å². The zero-order valence-electron chi connectivity index (χ0n) is 24.0. The SMILES string of the molecule is CCn1c(CCCc2ccc(-c3cccc(NC(=O)C4CC4)n3)cc2)nn(Cc2ccc(C(C)(C)C)cc2)c1=O. The lowest BCUT2D eigenvalue weighted by atomic mass is 9.87. The number of rotatable bonds is 10. The van der Waals surface area contributed by atoms with Gasteiger partial charge in [-0.2, -0.15) is 5.10 Å². The average molecular weight is 538 g/mol.